The SMILES string of the molecule is Cc1ccc(S(=O)(=O)N2CCCC2C(=O)NCCC2CCCNC2)s1.Cl. The molecule has 1 aromatic rings. The van der Waals surface area contributed by atoms with Crippen LogP contribution in [0.15, 0.2) is 16.3 Å². The Bertz CT molecular complexity index is 702. The summed E-state index contributed by atoms with van der Waals surface area (Å²) in [6.07, 6.45) is 4.66. The first-order valence-electron chi connectivity index (χ1n) is 9.05. The number of sulfonamides is 1. The number of amides is 1. The quantitative estimate of drug-likeness (QED) is 0.737. The molecule has 9 heteroatoms. The zero-order chi connectivity index (χ0) is 17.9. The van der Waals surface area contributed by atoms with Crippen LogP contribution in [0.2, 0.25) is 0 Å². The standard InChI is InChI=1S/C17H27N3O3S2.ClH/c1-13-6-7-16(24-13)25(22,23)20-11-3-5-15(20)17(21)19-10-8-14-4-2-9-18-12-14;/h6-7,14-15,18H,2-5,8-12H2,1H3,(H,19,21);1H. The van der Waals surface area contributed by atoms with Crippen molar-refractivity contribution in [3.8, 4) is 0 Å². The Kier molecular flexibility index (Phi) is 7.90. The van der Waals surface area contributed by atoms with Crippen LogP contribution in [0.4, 0.5) is 0 Å². The minimum Gasteiger partial charge on any atom is -0.355 e. The summed E-state index contributed by atoms with van der Waals surface area (Å²) in [7, 11) is -3.58. The fourth-order valence-electron chi connectivity index (χ4n) is 3.64. The lowest BCUT2D eigenvalue weighted by Gasteiger charge is -2.25. The molecule has 2 aliphatic heterocycles. The summed E-state index contributed by atoms with van der Waals surface area (Å²) < 4.78 is 27.4. The first-order valence-corrected chi connectivity index (χ1v) is 11.3. The largest absolute Gasteiger partial charge is 0.355 e. The maximum Gasteiger partial charge on any atom is 0.253 e. The van der Waals surface area contributed by atoms with Gasteiger partial charge in [0, 0.05) is 18.0 Å². The molecule has 0 aliphatic carbocycles. The fraction of sp³-hybridized carbons (Fsp3) is 0.706. The summed E-state index contributed by atoms with van der Waals surface area (Å²) in [6.45, 7) is 5.02. The van der Waals surface area contributed by atoms with Crippen molar-refractivity contribution in [3.05, 3.63) is 17.0 Å². The monoisotopic (exact) mass is 421 g/mol. The Hall–Kier alpha value is -0.670. The minimum absolute atomic E-state index is 0. The Morgan fingerprint density at radius 2 is 2.15 bits per heavy atom. The zero-order valence-corrected chi connectivity index (χ0v) is 17.5. The van der Waals surface area contributed by atoms with Gasteiger partial charge in [0.2, 0.25) is 5.91 Å². The number of hydrogen-bond acceptors (Lipinski definition) is 5. The summed E-state index contributed by atoms with van der Waals surface area (Å²) in [5.74, 6) is 0.449. The number of nitrogens with one attached hydrogen (secondary N) is 2. The average Bonchev–Trinajstić information content (AvgIpc) is 3.25. The second-order valence-corrected chi connectivity index (χ2v) is 10.3. The lowest BCUT2D eigenvalue weighted by Crippen LogP contribution is -2.46. The molecule has 2 atom stereocenters. The molecule has 0 aromatic carbocycles. The van der Waals surface area contributed by atoms with Crippen LogP contribution in [0.25, 0.3) is 0 Å². The van der Waals surface area contributed by atoms with Gasteiger partial charge in [-0.05, 0) is 70.2 Å². The molecule has 0 bridgehead atoms. The molecule has 148 valence electrons. The van der Waals surface area contributed by atoms with Gasteiger partial charge in [0.25, 0.3) is 10.0 Å². The van der Waals surface area contributed by atoms with Crippen molar-refractivity contribution >= 4 is 39.7 Å². The molecule has 2 saturated heterocycles. The van der Waals surface area contributed by atoms with Gasteiger partial charge in [-0.15, -0.1) is 23.7 Å². The van der Waals surface area contributed by atoms with Gasteiger partial charge in [0.1, 0.15) is 10.3 Å². The predicted octanol–water partition coefficient (Wildman–Crippen LogP) is 2.14. The lowest BCUT2D eigenvalue weighted by molar-refractivity contribution is -0.124. The van der Waals surface area contributed by atoms with Gasteiger partial charge in [-0.3, -0.25) is 4.79 Å². The summed E-state index contributed by atoms with van der Waals surface area (Å²) >= 11 is 1.26. The second kappa shape index (κ2) is 9.50. The number of carbonyl (C=O) groups excluding carboxylic acids is 1. The maximum atomic E-state index is 12.8. The highest BCUT2D eigenvalue weighted by atomic mass is 35.5. The molecule has 6 nitrogen and oxygen atoms in total. The number of hydrogen-bond donors (Lipinski definition) is 2. The van der Waals surface area contributed by atoms with Gasteiger partial charge in [0.05, 0.1) is 0 Å². The molecular formula is C17H28ClN3O3S2. The number of carbonyl (C=O) groups is 1. The molecule has 1 amide bonds. The van der Waals surface area contributed by atoms with Crippen LogP contribution in [0.3, 0.4) is 0 Å². The first-order chi connectivity index (χ1) is 12.0. The van der Waals surface area contributed by atoms with Crippen LogP contribution >= 0.6 is 23.7 Å². The fourth-order valence-corrected chi connectivity index (χ4v) is 6.71. The summed E-state index contributed by atoms with van der Waals surface area (Å²) in [4.78, 5) is 13.5. The average molecular weight is 422 g/mol. The molecular weight excluding hydrogens is 394 g/mol. The molecule has 2 aliphatic rings. The van der Waals surface area contributed by atoms with Crippen molar-refractivity contribution in [3.63, 3.8) is 0 Å². The van der Waals surface area contributed by atoms with Crippen molar-refractivity contribution in [1.29, 1.82) is 0 Å². The van der Waals surface area contributed by atoms with Crippen LogP contribution in [0, 0.1) is 12.8 Å². The Morgan fingerprint density at radius 1 is 1.35 bits per heavy atom. The minimum atomic E-state index is -3.58. The van der Waals surface area contributed by atoms with Crippen molar-refractivity contribution in [2.75, 3.05) is 26.2 Å². The molecule has 0 radical (unpaired) electrons. The third-order valence-electron chi connectivity index (χ3n) is 5.04. The van der Waals surface area contributed by atoms with Gasteiger partial charge in [0.15, 0.2) is 0 Å². The smallest absolute Gasteiger partial charge is 0.253 e. The van der Waals surface area contributed by atoms with Crippen LogP contribution < -0.4 is 10.6 Å². The third-order valence-corrected chi connectivity index (χ3v) is 8.41. The van der Waals surface area contributed by atoms with Gasteiger partial charge >= 0.3 is 0 Å². The number of aryl methyl sites for hydroxylation is 1. The normalized spacial score (nSPS) is 24.2. The summed E-state index contributed by atoms with van der Waals surface area (Å²) in [5.41, 5.74) is 0. The van der Waals surface area contributed by atoms with Crippen molar-refractivity contribution in [2.45, 2.75) is 49.3 Å². The van der Waals surface area contributed by atoms with E-state index in [1.54, 1.807) is 12.1 Å². The number of rotatable bonds is 6. The van der Waals surface area contributed by atoms with E-state index < -0.39 is 16.1 Å². The van der Waals surface area contributed by atoms with Crippen LogP contribution in [0.1, 0.15) is 37.0 Å². The second-order valence-electron chi connectivity index (χ2n) is 6.93. The van der Waals surface area contributed by atoms with E-state index in [1.807, 2.05) is 6.92 Å². The van der Waals surface area contributed by atoms with Gasteiger partial charge < -0.3 is 10.6 Å². The maximum absolute atomic E-state index is 12.8. The van der Waals surface area contributed by atoms with Crippen LogP contribution in [-0.4, -0.2) is 50.9 Å². The van der Waals surface area contributed by atoms with Crippen molar-refractivity contribution in [2.24, 2.45) is 5.92 Å². The first kappa shape index (κ1) is 21.6. The van der Waals surface area contributed by atoms with E-state index in [-0.39, 0.29) is 18.3 Å². The predicted molar refractivity (Wildman–Crippen MR) is 106 cm³/mol. The van der Waals surface area contributed by atoms with E-state index in [2.05, 4.69) is 10.6 Å². The van der Waals surface area contributed by atoms with E-state index in [9.17, 15) is 13.2 Å². The number of piperidine rings is 1. The third kappa shape index (κ3) is 4.98. The zero-order valence-electron chi connectivity index (χ0n) is 15.1. The molecule has 2 unspecified atom stereocenters. The van der Waals surface area contributed by atoms with Crippen LogP contribution in [0.5, 0.6) is 0 Å². The van der Waals surface area contributed by atoms with E-state index in [1.165, 1.54) is 28.5 Å². The number of nitrogens with zero attached hydrogens (tertiary/aromatic N) is 1. The van der Waals surface area contributed by atoms with Gasteiger partial charge in [-0.2, -0.15) is 4.31 Å². The topological polar surface area (TPSA) is 78.5 Å². The molecule has 3 heterocycles. The number of halogens is 1. The molecule has 26 heavy (non-hydrogen) atoms. The van der Waals surface area contributed by atoms with E-state index >= 15 is 0 Å². The van der Waals surface area contributed by atoms with Gasteiger partial charge in [-0.1, -0.05) is 0 Å². The molecule has 1 aromatic heterocycles. The molecule has 0 saturated carbocycles. The number of thiophene rings is 1. The highest BCUT2D eigenvalue weighted by molar-refractivity contribution is 7.91. The highest BCUT2D eigenvalue weighted by Gasteiger charge is 2.39. The Balaban J connectivity index is 0.00000243. The van der Waals surface area contributed by atoms with E-state index in [4.69, 9.17) is 0 Å². The summed E-state index contributed by atoms with van der Waals surface area (Å²) in [5, 5.41) is 6.34. The van der Waals surface area contributed by atoms with Gasteiger partial charge in [-0.25, -0.2) is 8.42 Å². The molecule has 2 N–H and O–H groups in total. The highest BCUT2D eigenvalue weighted by Crippen LogP contribution is 2.30. The molecule has 2 fully saturated rings. The Morgan fingerprint density at radius 3 is 2.81 bits per heavy atom. The van der Waals surface area contributed by atoms with E-state index in [0.717, 1.165) is 30.8 Å². The lowest BCUT2D eigenvalue weighted by atomic mass is 9.96. The van der Waals surface area contributed by atoms with Crippen molar-refractivity contribution in [1.82, 2.24) is 14.9 Å². The molecule has 3 rings (SSSR count). The van der Waals surface area contributed by atoms with Crippen LogP contribution in [-0.2, 0) is 14.8 Å². The van der Waals surface area contributed by atoms with Crippen molar-refractivity contribution < 1.29 is 13.2 Å². The molecule has 0 spiro atoms. The van der Waals surface area contributed by atoms with E-state index in [0.29, 0.717) is 29.6 Å². The summed E-state index contributed by atoms with van der Waals surface area (Å²) in [6, 6.07) is 2.87. The Labute approximate surface area is 166 Å².